The minimum absolute atomic E-state index is 0.0761. The predicted molar refractivity (Wildman–Crippen MR) is 71.7 cm³/mol. The van der Waals surface area contributed by atoms with Gasteiger partial charge in [0.2, 0.25) is 5.91 Å². The Kier molecular flexibility index (Phi) is 3.74. The molecule has 0 unspecified atom stereocenters. The first kappa shape index (κ1) is 14.2. The van der Waals surface area contributed by atoms with E-state index in [1.54, 1.807) is 0 Å². The zero-order chi connectivity index (χ0) is 14.1. The van der Waals surface area contributed by atoms with Crippen LogP contribution in [-0.4, -0.2) is 29.2 Å². The van der Waals surface area contributed by atoms with Gasteiger partial charge >= 0.3 is 6.09 Å². The number of hydrogen-bond donors (Lipinski definition) is 2. The number of amides is 2. The fourth-order valence-corrected chi connectivity index (χ4v) is 3.01. The van der Waals surface area contributed by atoms with Gasteiger partial charge in [-0.1, -0.05) is 19.3 Å². The van der Waals surface area contributed by atoms with Crippen LogP contribution in [0, 0.1) is 0 Å². The van der Waals surface area contributed by atoms with Crippen LogP contribution in [0.25, 0.3) is 0 Å². The van der Waals surface area contributed by atoms with Gasteiger partial charge in [0, 0.05) is 5.54 Å². The van der Waals surface area contributed by atoms with Crippen molar-refractivity contribution in [2.45, 2.75) is 76.5 Å². The molecule has 1 atom stereocenters. The van der Waals surface area contributed by atoms with Crippen molar-refractivity contribution in [3.8, 4) is 0 Å². The smallest absolute Gasteiger partial charge is 0.408 e. The second-order valence-electron chi connectivity index (χ2n) is 6.73. The van der Waals surface area contributed by atoms with Gasteiger partial charge in [-0.05, 0) is 40.0 Å². The van der Waals surface area contributed by atoms with E-state index in [1.807, 2.05) is 20.8 Å². The fraction of sp³-hybridized carbons (Fsp3) is 0.857. The molecule has 108 valence electrons. The highest BCUT2D eigenvalue weighted by molar-refractivity contribution is 5.88. The van der Waals surface area contributed by atoms with Gasteiger partial charge < -0.3 is 15.4 Å². The predicted octanol–water partition coefficient (Wildman–Crippen LogP) is 2.10. The van der Waals surface area contributed by atoms with Crippen molar-refractivity contribution >= 4 is 12.0 Å². The summed E-state index contributed by atoms with van der Waals surface area (Å²) in [6.45, 7) is 5.43. The van der Waals surface area contributed by atoms with Crippen LogP contribution in [0.3, 0.4) is 0 Å². The Morgan fingerprint density at radius 3 is 2.53 bits per heavy atom. The molecule has 1 saturated carbocycles. The van der Waals surface area contributed by atoms with Crippen LogP contribution >= 0.6 is 0 Å². The normalized spacial score (nSPS) is 26.1. The van der Waals surface area contributed by atoms with Crippen LogP contribution in [0.15, 0.2) is 0 Å². The lowest BCUT2D eigenvalue weighted by Crippen LogP contribution is -2.43. The molecule has 2 N–H and O–H groups in total. The molecule has 1 aliphatic carbocycles. The third kappa shape index (κ3) is 3.61. The standard InChI is InChI=1S/C14H24N2O3/c1-13(2,3)19-12(18)15-10-9-14(16-11(10)17)7-5-4-6-8-14/h10H,4-9H2,1-3H3,(H,15,18)(H,16,17)/t10-/m0/s1. The largest absolute Gasteiger partial charge is 0.444 e. The summed E-state index contributed by atoms with van der Waals surface area (Å²) in [4.78, 5) is 23.7. The lowest BCUT2D eigenvalue weighted by atomic mass is 9.80. The maximum absolute atomic E-state index is 12.0. The molecule has 1 aliphatic heterocycles. The van der Waals surface area contributed by atoms with Crippen LogP contribution < -0.4 is 10.6 Å². The number of hydrogen-bond acceptors (Lipinski definition) is 3. The summed E-state index contributed by atoms with van der Waals surface area (Å²) in [7, 11) is 0. The Morgan fingerprint density at radius 1 is 1.32 bits per heavy atom. The highest BCUT2D eigenvalue weighted by atomic mass is 16.6. The van der Waals surface area contributed by atoms with Crippen LogP contribution in [0.5, 0.6) is 0 Å². The van der Waals surface area contributed by atoms with Crippen molar-refractivity contribution < 1.29 is 14.3 Å². The van der Waals surface area contributed by atoms with Crippen molar-refractivity contribution in [3.63, 3.8) is 0 Å². The number of carbonyl (C=O) groups is 2. The highest BCUT2D eigenvalue weighted by Gasteiger charge is 2.45. The molecule has 0 bridgehead atoms. The summed E-state index contributed by atoms with van der Waals surface area (Å²) in [6, 6.07) is -0.451. The second-order valence-corrected chi connectivity index (χ2v) is 6.73. The minimum atomic E-state index is -0.540. The van der Waals surface area contributed by atoms with Gasteiger partial charge in [-0.15, -0.1) is 0 Å². The molecule has 1 saturated heterocycles. The van der Waals surface area contributed by atoms with Crippen molar-refractivity contribution in [2.75, 3.05) is 0 Å². The van der Waals surface area contributed by atoms with E-state index in [4.69, 9.17) is 4.74 Å². The van der Waals surface area contributed by atoms with E-state index in [2.05, 4.69) is 10.6 Å². The Hall–Kier alpha value is -1.26. The summed E-state index contributed by atoms with van der Waals surface area (Å²) in [5.41, 5.74) is -0.628. The van der Waals surface area contributed by atoms with Gasteiger partial charge in [-0.3, -0.25) is 4.79 Å². The third-order valence-corrected chi connectivity index (χ3v) is 3.80. The molecule has 19 heavy (non-hydrogen) atoms. The lowest BCUT2D eigenvalue weighted by Gasteiger charge is -2.33. The monoisotopic (exact) mass is 268 g/mol. The van der Waals surface area contributed by atoms with Crippen LogP contribution in [0.4, 0.5) is 4.79 Å². The first-order valence-corrected chi connectivity index (χ1v) is 7.11. The van der Waals surface area contributed by atoms with Gasteiger partial charge in [0.05, 0.1) is 0 Å². The maximum atomic E-state index is 12.0. The van der Waals surface area contributed by atoms with E-state index >= 15 is 0 Å². The van der Waals surface area contributed by atoms with Crippen molar-refractivity contribution in [1.29, 1.82) is 0 Å². The van der Waals surface area contributed by atoms with Crippen molar-refractivity contribution in [2.24, 2.45) is 0 Å². The average Bonchev–Trinajstić information content (AvgIpc) is 2.53. The first-order chi connectivity index (χ1) is 8.80. The minimum Gasteiger partial charge on any atom is -0.444 e. The number of alkyl carbamates (subject to hydrolysis) is 1. The van der Waals surface area contributed by atoms with Gasteiger partial charge in [-0.2, -0.15) is 0 Å². The summed E-state index contributed by atoms with van der Waals surface area (Å²) in [5.74, 6) is -0.0761. The zero-order valence-electron chi connectivity index (χ0n) is 12.0. The molecule has 1 heterocycles. The molecule has 0 aromatic rings. The molecule has 2 rings (SSSR count). The summed E-state index contributed by atoms with van der Waals surface area (Å²) in [5, 5.41) is 5.76. The number of nitrogens with one attached hydrogen (secondary N) is 2. The Bertz CT molecular complexity index is 367. The molecule has 0 aromatic carbocycles. The average molecular weight is 268 g/mol. The van der Waals surface area contributed by atoms with E-state index in [0.717, 1.165) is 25.7 Å². The van der Waals surface area contributed by atoms with Gasteiger partial charge in [-0.25, -0.2) is 4.79 Å². The van der Waals surface area contributed by atoms with Crippen LogP contribution in [0.1, 0.15) is 59.3 Å². The molecule has 0 aromatic heterocycles. The maximum Gasteiger partial charge on any atom is 0.408 e. The molecular weight excluding hydrogens is 244 g/mol. The molecule has 0 radical (unpaired) electrons. The van der Waals surface area contributed by atoms with E-state index in [0.29, 0.717) is 6.42 Å². The molecule has 1 spiro atoms. The van der Waals surface area contributed by atoms with Crippen molar-refractivity contribution in [3.05, 3.63) is 0 Å². The summed E-state index contributed by atoms with van der Waals surface area (Å²) < 4.78 is 5.19. The summed E-state index contributed by atoms with van der Waals surface area (Å²) >= 11 is 0. The van der Waals surface area contributed by atoms with E-state index < -0.39 is 17.7 Å². The third-order valence-electron chi connectivity index (χ3n) is 3.80. The molecule has 5 heteroatoms. The molecule has 5 nitrogen and oxygen atoms in total. The number of ether oxygens (including phenoxy) is 1. The molecule has 2 aliphatic rings. The van der Waals surface area contributed by atoms with Gasteiger partial charge in [0.1, 0.15) is 11.6 Å². The number of rotatable bonds is 1. The van der Waals surface area contributed by atoms with Crippen LogP contribution in [0.2, 0.25) is 0 Å². The Morgan fingerprint density at radius 2 is 1.95 bits per heavy atom. The van der Waals surface area contributed by atoms with Gasteiger partial charge in [0.25, 0.3) is 0 Å². The lowest BCUT2D eigenvalue weighted by molar-refractivity contribution is -0.121. The fourth-order valence-electron chi connectivity index (χ4n) is 3.01. The zero-order valence-corrected chi connectivity index (χ0v) is 12.0. The quantitative estimate of drug-likeness (QED) is 0.765. The van der Waals surface area contributed by atoms with E-state index in [-0.39, 0.29) is 11.4 Å². The Labute approximate surface area is 114 Å². The second kappa shape index (κ2) is 5.02. The topological polar surface area (TPSA) is 67.4 Å². The SMILES string of the molecule is CC(C)(C)OC(=O)N[C@H]1CC2(CCCCC2)NC1=O. The van der Waals surface area contributed by atoms with Crippen molar-refractivity contribution in [1.82, 2.24) is 10.6 Å². The highest BCUT2D eigenvalue weighted by Crippen LogP contribution is 2.35. The Balaban J connectivity index is 1.91. The molecule has 2 fully saturated rings. The van der Waals surface area contributed by atoms with E-state index in [9.17, 15) is 9.59 Å². The van der Waals surface area contributed by atoms with Crippen LogP contribution in [-0.2, 0) is 9.53 Å². The number of carbonyl (C=O) groups excluding carboxylic acids is 2. The molecular formula is C14H24N2O3. The summed E-state index contributed by atoms with van der Waals surface area (Å²) in [6.07, 6.45) is 5.75. The molecule has 2 amide bonds. The van der Waals surface area contributed by atoms with E-state index in [1.165, 1.54) is 6.42 Å². The van der Waals surface area contributed by atoms with Gasteiger partial charge in [0.15, 0.2) is 0 Å². The first-order valence-electron chi connectivity index (χ1n) is 7.11.